The molecule has 43 heavy (non-hydrogen) atoms. The molecule has 5 atom stereocenters. The number of carbonyl (C=O) groups excluding carboxylic acids is 4. The molecule has 0 spiro atoms. The Morgan fingerprint density at radius 1 is 1.05 bits per heavy atom. The zero-order chi connectivity index (χ0) is 31.8. The molecule has 13 heteroatoms. The number of carbonyl (C=O) groups is 4. The highest BCUT2D eigenvalue weighted by atomic mass is 16.7. The smallest absolute Gasteiger partial charge is 0.350 e. The quantitative estimate of drug-likeness (QED) is 0.139. The minimum absolute atomic E-state index is 0.0917. The van der Waals surface area contributed by atoms with E-state index in [2.05, 4.69) is 5.92 Å². The van der Waals surface area contributed by atoms with E-state index in [9.17, 15) is 29.4 Å². The van der Waals surface area contributed by atoms with E-state index in [-0.39, 0.29) is 32.2 Å². The van der Waals surface area contributed by atoms with Crippen molar-refractivity contribution < 1.29 is 57.8 Å². The first kappa shape index (κ1) is 33.8. The average Bonchev–Trinajstić information content (AvgIpc) is 3.55. The fraction of sp³-hybridized carbons (Fsp3) is 0.600. The van der Waals surface area contributed by atoms with E-state index in [4.69, 9.17) is 34.8 Å². The van der Waals surface area contributed by atoms with E-state index in [1.54, 1.807) is 45.0 Å². The summed E-state index contributed by atoms with van der Waals surface area (Å²) in [5.74, 6) is -1.13. The van der Waals surface area contributed by atoms with Gasteiger partial charge in [0.05, 0.1) is 26.4 Å². The molecule has 0 aromatic heterocycles. The summed E-state index contributed by atoms with van der Waals surface area (Å²) >= 11 is 0. The Morgan fingerprint density at radius 2 is 1.65 bits per heavy atom. The first-order chi connectivity index (χ1) is 20.5. The molecule has 0 saturated carbocycles. The van der Waals surface area contributed by atoms with Crippen LogP contribution >= 0.6 is 0 Å². The molecule has 3 rings (SSSR count). The number of benzene rings is 1. The molecular formula is C30H39NO12. The Morgan fingerprint density at radius 3 is 2.19 bits per heavy atom. The van der Waals surface area contributed by atoms with Crippen molar-refractivity contribution in [3.8, 4) is 12.3 Å². The highest BCUT2D eigenvalue weighted by Gasteiger charge is 2.60. The van der Waals surface area contributed by atoms with Crippen LogP contribution in [0.25, 0.3) is 0 Å². The van der Waals surface area contributed by atoms with Crippen molar-refractivity contribution in [2.24, 2.45) is 0 Å². The maximum Gasteiger partial charge on any atom is 0.350 e. The molecular weight excluding hydrogens is 566 g/mol. The van der Waals surface area contributed by atoms with Crippen molar-refractivity contribution in [1.29, 1.82) is 0 Å². The second kappa shape index (κ2) is 14.7. The number of aliphatic hydroxyl groups excluding tert-OH is 2. The van der Waals surface area contributed by atoms with Gasteiger partial charge in [0, 0.05) is 25.6 Å². The van der Waals surface area contributed by atoms with E-state index in [1.807, 2.05) is 4.90 Å². The summed E-state index contributed by atoms with van der Waals surface area (Å²) in [4.78, 5) is 53.0. The molecule has 2 fully saturated rings. The number of anilines is 1. The summed E-state index contributed by atoms with van der Waals surface area (Å²) in [7, 11) is 0. The standard InChI is InChI=1S/C30H39NO12/c1-6-29(43-19(5)32)23(42-26(35)24(29)33)18-41-30(27(36)39-8-3,28(37)40-9-4)17-20-12-14-21(15-13-20)31-16-10-11-22(31)25(34)38-7-2/h1,12-15,22-24,26,33,35H,7-11,16-18H2,2-5H3/t22-,23-,24-,26?,29+/m0/s1. The Balaban J connectivity index is 1.94. The Bertz CT molecular complexity index is 1180. The van der Waals surface area contributed by atoms with Crippen molar-refractivity contribution >= 4 is 29.6 Å². The Hall–Kier alpha value is -3.70. The molecule has 2 aliphatic rings. The zero-order valence-electron chi connectivity index (χ0n) is 24.8. The molecule has 2 aliphatic heterocycles. The van der Waals surface area contributed by atoms with Crippen molar-refractivity contribution in [2.75, 3.05) is 37.9 Å². The van der Waals surface area contributed by atoms with E-state index >= 15 is 0 Å². The number of rotatable bonds is 13. The van der Waals surface area contributed by atoms with Crippen LogP contribution in [0.2, 0.25) is 0 Å². The van der Waals surface area contributed by atoms with Gasteiger partial charge in [-0.1, -0.05) is 18.1 Å². The lowest BCUT2D eigenvalue weighted by Crippen LogP contribution is -2.57. The van der Waals surface area contributed by atoms with Crippen LogP contribution in [-0.2, 0) is 54.0 Å². The van der Waals surface area contributed by atoms with E-state index in [0.29, 0.717) is 18.5 Å². The molecule has 236 valence electrons. The predicted octanol–water partition coefficient (Wildman–Crippen LogP) is 0.656. The summed E-state index contributed by atoms with van der Waals surface area (Å²) in [5.41, 5.74) is -3.31. The van der Waals surface area contributed by atoms with E-state index < -0.39 is 60.3 Å². The number of nitrogens with zero attached hydrogens (tertiary/aromatic N) is 1. The minimum atomic E-state index is -2.37. The fourth-order valence-corrected chi connectivity index (χ4v) is 5.24. The highest BCUT2D eigenvalue weighted by Crippen LogP contribution is 2.36. The largest absolute Gasteiger partial charge is 0.464 e. The van der Waals surface area contributed by atoms with Crippen LogP contribution in [0.4, 0.5) is 5.69 Å². The summed E-state index contributed by atoms with van der Waals surface area (Å²) in [6.07, 6.45) is 1.55. The first-order valence-electron chi connectivity index (χ1n) is 14.2. The number of ether oxygens (including phenoxy) is 6. The first-order valence-corrected chi connectivity index (χ1v) is 14.2. The summed E-state index contributed by atoms with van der Waals surface area (Å²) in [6.45, 7) is 5.97. The third-order valence-corrected chi connectivity index (χ3v) is 7.25. The van der Waals surface area contributed by atoms with Crippen LogP contribution in [0.3, 0.4) is 0 Å². The van der Waals surface area contributed by atoms with Crippen LogP contribution in [0, 0.1) is 12.3 Å². The van der Waals surface area contributed by atoms with Crippen LogP contribution < -0.4 is 4.90 Å². The van der Waals surface area contributed by atoms with Gasteiger partial charge in [-0.05, 0) is 51.3 Å². The van der Waals surface area contributed by atoms with Crippen LogP contribution in [0.1, 0.15) is 46.1 Å². The van der Waals surface area contributed by atoms with Gasteiger partial charge in [-0.2, -0.15) is 0 Å². The normalized spacial score (nSPS) is 25.1. The molecule has 0 aliphatic carbocycles. The van der Waals surface area contributed by atoms with Gasteiger partial charge in [-0.3, -0.25) is 4.79 Å². The molecule has 1 unspecified atom stereocenters. The van der Waals surface area contributed by atoms with E-state index in [1.165, 1.54) is 0 Å². The minimum Gasteiger partial charge on any atom is -0.464 e. The van der Waals surface area contributed by atoms with Crippen LogP contribution in [-0.4, -0.2) is 103 Å². The second-order valence-electron chi connectivity index (χ2n) is 10.0. The molecule has 1 aromatic carbocycles. The molecule has 2 heterocycles. The molecule has 0 bridgehead atoms. The maximum absolute atomic E-state index is 13.4. The number of aliphatic hydroxyl groups is 2. The molecule has 0 amide bonds. The van der Waals surface area contributed by atoms with Crippen molar-refractivity contribution in [1.82, 2.24) is 0 Å². The third-order valence-electron chi connectivity index (χ3n) is 7.25. The SMILES string of the molecule is C#C[C@@]1(OC(C)=O)[C@H](COC(Cc2ccc(N3CCC[C@H]3C(=O)OCC)cc2)(C(=O)OCC)C(=O)OCC)OC(O)[C@@H]1O. The van der Waals surface area contributed by atoms with Crippen molar-refractivity contribution in [3.05, 3.63) is 29.8 Å². The van der Waals surface area contributed by atoms with Crippen LogP contribution in [0.15, 0.2) is 24.3 Å². The molecule has 13 nitrogen and oxygen atoms in total. The van der Waals surface area contributed by atoms with Crippen molar-refractivity contribution in [2.45, 2.75) is 82.7 Å². The van der Waals surface area contributed by atoms with Gasteiger partial charge in [0.25, 0.3) is 5.60 Å². The highest BCUT2D eigenvalue weighted by molar-refractivity contribution is 6.04. The Kier molecular flexibility index (Phi) is 11.5. The van der Waals surface area contributed by atoms with Gasteiger partial charge in [0.15, 0.2) is 12.4 Å². The lowest BCUT2D eigenvalue weighted by Gasteiger charge is -2.34. The van der Waals surface area contributed by atoms with Crippen molar-refractivity contribution in [3.63, 3.8) is 0 Å². The Labute approximate surface area is 250 Å². The number of hydrogen-bond acceptors (Lipinski definition) is 13. The third kappa shape index (κ3) is 7.10. The lowest BCUT2D eigenvalue weighted by molar-refractivity contribution is -0.202. The number of esters is 4. The number of hydrogen-bond donors (Lipinski definition) is 2. The fourth-order valence-electron chi connectivity index (χ4n) is 5.24. The molecule has 0 radical (unpaired) electrons. The molecule has 2 saturated heterocycles. The monoisotopic (exact) mass is 605 g/mol. The number of terminal acetylenes is 1. The zero-order valence-corrected chi connectivity index (χ0v) is 24.8. The summed E-state index contributed by atoms with van der Waals surface area (Å²) < 4.78 is 32.1. The molecule has 2 N–H and O–H groups in total. The lowest BCUT2D eigenvalue weighted by atomic mass is 9.91. The van der Waals surface area contributed by atoms with Gasteiger partial charge in [-0.25, -0.2) is 14.4 Å². The summed E-state index contributed by atoms with van der Waals surface area (Å²) in [5, 5.41) is 20.7. The van der Waals surface area contributed by atoms with Gasteiger partial charge in [0.1, 0.15) is 12.1 Å². The van der Waals surface area contributed by atoms with Crippen LogP contribution in [0.5, 0.6) is 0 Å². The topological polar surface area (TPSA) is 167 Å². The second-order valence-corrected chi connectivity index (χ2v) is 10.0. The maximum atomic E-state index is 13.4. The molecule has 1 aromatic rings. The predicted molar refractivity (Wildman–Crippen MR) is 149 cm³/mol. The van der Waals surface area contributed by atoms with E-state index in [0.717, 1.165) is 19.0 Å². The van der Waals surface area contributed by atoms with Gasteiger partial charge in [0.2, 0.25) is 5.60 Å². The van der Waals surface area contributed by atoms with Gasteiger partial charge < -0.3 is 43.5 Å². The average molecular weight is 606 g/mol. The summed E-state index contributed by atoms with van der Waals surface area (Å²) in [6, 6.07) is 6.45. The van der Waals surface area contributed by atoms with Gasteiger partial charge in [-0.15, -0.1) is 6.42 Å². The van der Waals surface area contributed by atoms with Gasteiger partial charge >= 0.3 is 23.9 Å².